The Morgan fingerprint density at radius 3 is 2.53 bits per heavy atom. The van der Waals surface area contributed by atoms with E-state index in [4.69, 9.17) is 0 Å². The molecule has 0 amide bonds. The molecule has 0 N–H and O–H groups in total. The number of hydrogen-bond acceptors (Lipinski definition) is 1. The van der Waals surface area contributed by atoms with Crippen LogP contribution in [0.5, 0.6) is 0 Å². The summed E-state index contributed by atoms with van der Waals surface area (Å²) in [4.78, 5) is 3.58. The summed E-state index contributed by atoms with van der Waals surface area (Å²) >= 11 is 5.99. The molecule has 0 saturated heterocycles. The largest absolute Gasteiger partial charge is 0.146 e. The lowest BCUT2D eigenvalue weighted by Crippen LogP contribution is -2.29. The van der Waals surface area contributed by atoms with Gasteiger partial charge in [-0.25, -0.2) is 0 Å². The van der Waals surface area contributed by atoms with Crippen molar-refractivity contribution in [3.05, 3.63) is 21.4 Å². The minimum absolute atomic E-state index is 0.598. The molecule has 19 heavy (non-hydrogen) atoms. The average molecular weight is 341 g/mol. The molecule has 106 valence electrons. The maximum atomic E-state index is 4.03. The number of fused-ring (bicyclic) bond motifs is 1. The molecule has 1 heterocycles. The summed E-state index contributed by atoms with van der Waals surface area (Å²) < 4.78 is 0. The summed E-state index contributed by atoms with van der Waals surface area (Å²) in [5.74, 6) is 2.97. The number of alkyl halides is 1. The Balaban J connectivity index is 1.70. The summed E-state index contributed by atoms with van der Waals surface area (Å²) in [5.41, 5.74) is 1.57. The third-order valence-corrected chi connectivity index (χ3v) is 7.59. The van der Waals surface area contributed by atoms with Crippen molar-refractivity contribution >= 4 is 27.3 Å². The van der Waals surface area contributed by atoms with E-state index in [0.717, 1.165) is 17.8 Å². The Kier molecular flexibility index (Phi) is 4.38. The van der Waals surface area contributed by atoms with E-state index in [9.17, 15) is 0 Å². The fourth-order valence-corrected chi connectivity index (χ4v) is 6.43. The molecule has 0 aromatic carbocycles. The first-order chi connectivity index (χ1) is 9.15. The van der Waals surface area contributed by atoms with Crippen LogP contribution >= 0.6 is 27.3 Å². The highest BCUT2D eigenvalue weighted by Crippen LogP contribution is 2.49. The molecule has 2 aliphatic rings. The first-order valence-corrected chi connectivity index (χ1v) is 9.59. The first kappa shape index (κ1) is 14.1. The third kappa shape index (κ3) is 2.95. The van der Waals surface area contributed by atoms with Crippen LogP contribution in [0.25, 0.3) is 0 Å². The van der Waals surface area contributed by atoms with Crippen LogP contribution in [0.3, 0.4) is 0 Å². The molecule has 3 rings (SSSR count). The van der Waals surface area contributed by atoms with Crippen LogP contribution in [0.15, 0.2) is 6.07 Å². The normalized spacial score (nSPS) is 32.9. The van der Waals surface area contributed by atoms with Gasteiger partial charge in [0.25, 0.3) is 0 Å². The van der Waals surface area contributed by atoms with Crippen LogP contribution in [0.4, 0.5) is 0 Å². The fraction of sp³-hybridized carbons (Fsp3) is 0.765. The van der Waals surface area contributed by atoms with Crippen molar-refractivity contribution < 1.29 is 0 Å². The average Bonchev–Trinajstić information content (AvgIpc) is 2.76. The Hall–Kier alpha value is 0.180. The highest BCUT2D eigenvalue weighted by molar-refractivity contribution is 9.09. The Bertz CT molecular complexity index is 436. The summed E-state index contributed by atoms with van der Waals surface area (Å²) in [7, 11) is 0. The predicted octanol–water partition coefficient (Wildman–Crippen LogP) is 6.41. The molecular weight excluding hydrogens is 316 g/mol. The minimum atomic E-state index is 0.598. The molecule has 2 heteroatoms. The lowest BCUT2D eigenvalue weighted by molar-refractivity contribution is 0.129. The van der Waals surface area contributed by atoms with Crippen molar-refractivity contribution in [2.45, 2.75) is 63.6 Å². The zero-order valence-corrected chi connectivity index (χ0v) is 14.5. The highest BCUT2D eigenvalue weighted by Gasteiger charge is 2.35. The van der Waals surface area contributed by atoms with Crippen molar-refractivity contribution in [2.75, 3.05) is 0 Å². The molecule has 0 radical (unpaired) electrons. The lowest BCUT2D eigenvalue weighted by atomic mass is 9.66. The topological polar surface area (TPSA) is 0 Å². The van der Waals surface area contributed by atoms with Gasteiger partial charge in [-0.05, 0) is 62.5 Å². The molecule has 2 saturated carbocycles. The van der Waals surface area contributed by atoms with Crippen LogP contribution in [0.1, 0.15) is 65.1 Å². The van der Waals surface area contributed by atoms with Crippen molar-refractivity contribution in [1.82, 2.24) is 0 Å². The van der Waals surface area contributed by atoms with Crippen molar-refractivity contribution in [3.63, 3.8) is 0 Å². The van der Waals surface area contributed by atoms with Crippen LogP contribution in [0, 0.1) is 31.6 Å². The molecule has 0 bridgehead atoms. The van der Waals surface area contributed by atoms with Crippen molar-refractivity contribution in [3.8, 4) is 0 Å². The maximum Gasteiger partial charge on any atom is 0.0434 e. The summed E-state index contributed by atoms with van der Waals surface area (Å²) in [6.07, 6.45) is 10.4. The zero-order chi connectivity index (χ0) is 13.4. The van der Waals surface area contributed by atoms with E-state index in [0.29, 0.717) is 4.83 Å². The standard InChI is InChI=1S/C17H25BrS/c1-11-9-16(12(2)19-11)17(18)15-8-7-13-5-3-4-6-14(13)10-15/h9,13-15,17H,3-8,10H2,1-2H3. The van der Waals surface area contributed by atoms with Gasteiger partial charge in [0, 0.05) is 14.6 Å². The van der Waals surface area contributed by atoms with Gasteiger partial charge in [0.15, 0.2) is 0 Å². The second-order valence-electron chi connectivity index (χ2n) is 6.65. The van der Waals surface area contributed by atoms with Crippen LogP contribution in [0.2, 0.25) is 0 Å². The van der Waals surface area contributed by atoms with Gasteiger partial charge < -0.3 is 0 Å². The van der Waals surface area contributed by atoms with Crippen LogP contribution < -0.4 is 0 Å². The number of halogens is 1. The first-order valence-electron chi connectivity index (χ1n) is 7.86. The fourth-order valence-electron chi connectivity index (χ4n) is 4.35. The number of hydrogen-bond donors (Lipinski definition) is 0. The molecular formula is C17H25BrS. The Morgan fingerprint density at radius 1 is 1.11 bits per heavy atom. The monoisotopic (exact) mass is 340 g/mol. The zero-order valence-electron chi connectivity index (χ0n) is 12.1. The third-order valence-electron chi connectivity index (χ3n) is 5.37. The van der Waals surface area contributed by atoms with E-state index in [1.165, 1.54) is 54.7 Å². The Labute approximate surface area is 130 Å². The van der Waals surface area contributed by atoms with Gasteiger partial charge in [0.2, 0.25) is 0 Å². The highest BCUT2D eigenvalue weighted by atomic mass is 79.9. The smallest absolute Gasteiger partial charge is 0.0434 e. The molecule has 1 aromatic heterocycles. The van der Waals surface area contributed by atoms with Crippen LogP contribution in [-0.2, 0) is 0 Å². The van der Waals surface area contributed by atoms with Gasteiger partial charge in [0.1, 0.15) is 0 Å². The second kappa shape index (κ2) is 5.89. The summed E-state index contributed by atoms with van der Waals surface area (Å²) in [6.45, 7) is 4.52. The molecule has 4 unspecified atom stereocenters. The molecule has 1 aromatic rings. The number of thiophene rings is 1. The predicted molar refractivity (Wildman–Crippen MR) is 88.3 cm³/mol. The van der Waals surface area contributed by atoms with Gasteiger partial charge in [-0.1, -0.05) is 41.6 Å². The van der Waals surface area contributed by atoms with E-state index in [-0.39, 0.29) is 0 Å². The number of aryl methyl sites for hydroxylation is 2. The van der Waals surface area contributed by atoms with Gasteiger partial charge in [0.05, 0.1) is 0 Å². The Morgan fingerprint density at radius 2 is 1.84 bits per heavy atom. The summed E-state index contributed by atoms with van der Waals surface area (Å²) in [6, 6.07) is 2.41. The second-order valence-corrected chi connectivity index (χ2v) is 9.10. The van der Waals surface area contributed by atoms with Crippen molar-refractivity contribution in [1.29, 1.82) is 0 Å². The van der Waals surface area contributed by atoms with Gasteiger partial charge >= 0.3 is 0 Å². The number of rotatable bonds is 2. The van der Waals surface area contributed by atoms with E-state index in [2.05, 4.69) is 35.8 Å². The van der Waals surface area contributed by atoms with E-state index < -0.39 is 0 Å². The molecule has 0 spiro atoms. The van der Waals surface area contributed by atoms with Crippen LogP contribution in [-0.4, -0.2) is 0 Å². The maximum absolute atomic E-state index is 4.03. The quantitative estimate of drug-likeness (QED) is 0.545. The van der Waals surface area contributed by atoms with Gasteiger partial charge in [-0.2, -0.15) is 0 Å². The lowest BCUT2D eigenvalue weighted by Gasteiger charge is -2.41. The van der Waals surface area contributed by atoms with Crippen molar-refractivity contribution in [2.24, 2.45) is 17.8 Å². The molecule has 0 nitrogen and oxygen atoms in total. The summed E-state index contributed by atoms with van der Waals surface area (Å²) in [5, 5.41) is 0. The minimum Gasteiger partial charge on any atom is -0.146 e. The van der Waals surface area contributed by atoms with E-state index >= 15 is 0 Å². The molecule has 2 aliphatic carbocycles. The van der Waals surface area contributed by atoms with E-state index in [1.807, 2.05) is 11.3 Å². The molecule has 0 aliphatic heterocycles. The van der Waals surface area contributed by atoms with Gasteiger partial charge in [-0.15, -0.1) is 11.3 Å². The molecule has 4 atom stereocenters. The van der Waals surface area contributed by atoms with E-state index in [1.54, 1.807) is 5.56 Å². The SMILES string of the molecule is Cc1cc(C(Br)C2CCC3CCCCC3C2)c(C)s1. The van der Waals surface area contributed by atoms with Gasteiger partial charge in [-0.3, -0.25) is 0 Å². The molecule has 2 fully saturated rings.